The van der Waals surface area contributed by atoms with Gasteiger partial charge in [-0.1, -0.05) is 12.1 Å². The molecule has 0 spiro atoms. The lowest BCUT2D eigenvalue weighted by molar-refractivity contribution is -0.129. The van der Waals surface area contributed by atoms with Gasteiger partial charge in [0.25, 0.3) is 0 Å². The van der Waals surface area contributed by atoms with E-state index >= 15 is 0 Å². The molecule has 0 aliphatic heterocycles. The predicted octanol–water partition coefficient (Wildman–Crippen LogP) is 1.40. The topological polar surface area (TPSA) is 84.2 Å². The molecule has 2 unspecified atom stereocenters. The van der Waals surface area contributed by atoms with Crippen molar-refractivity contribution in [3.8, 4) is 0 Å². The number of benzene rings is 1. The van der Waals surface area contributed by atoms with Crippen LogP contribution in [0.4, 0.5) is 5.69 Å². The standard InChI is InChI=1S/C15H23N3O2/c1-9(2)17-15(20)11(4)18-14(19)10(3)12-6-5-7-13(16)8-12/h5-11H,16H2,1-4H3,(H,17,20)(H,18,19). The van der Waals surface area contributed by atoms with Gasteiger partial charge in [-0.25, -0.2) is 0 Å². The number of anilines is 1. The first-order valence-corrected chi connectivity index (χ1v) is 6.77. The number of nitrogens with two attached hydrogens (primary N) is 1. The number of amides is 2. The average molecular weight is 277 g/mol. The molecule has 0 aliphatic rings. The summed E-state index contributed by atoms with van der Waals surface area (Å²) in [6, 6.07) is 6.68. The van der Waals surface area contributed by atoms with Crippen molar-refractivity contribution in [3.05, 3.63) is 29.8 Å². The molecule has 2 atom stereocenters. The third kappa shape index (κ3) is 4.57. The normalized spacial score (nSPS) is 13.7. The van der Waals surface area contributed by atoms with Crippen molar-refractivity contribution in [1.29, 1.82) is 0 Å². The summed E-state index contributed by atoms with van der Waals surface area (Å²) >= 11 is 0. The molecule has 0 saturated heterocycles. The molecule has 2 amide bonds. The van der Waals surface area contributed by atoms with Crippen LogP contribution in [0.5, 0.6) is 0 Å². The molecule has 5 nitrogen and oxygen atoms in total. The van der Waals surface area contributed by atoms with Crippen LogP contribution in [-0.4, -0.2) is 23.9 Å². The van der Waals surface area contributed by atoms with E-state index in [0.29, 0.717) is 5.69 Å². The van der Waals surface area contributed by atoms with Crippen molar-refractivity contribution in [1.82, 2.24) is 10.6 Å². The van der Waals surface area contributed by atoms with Gasteiger partial charge in [-0.2, -0.15) is 0 Å². The van der Waals surface area contributed by atoms with Crippen LogP contribution in [0.2, 0.25) is 0 Å². The molecule has 0 radical (unpaired) electrons. The Labute approximate surface area is 119 Å². The molecule has 0 heterocycles. The highest BCUT2D eigenvalue weighted by atomic mass is 16.2. The van der Waals surface area contributed by atoms with E-state index < -0.39 is 6.04 Å². The van der Waals surface area contributed by atoms with Gasteiger partial charge >= 0.3 is 0 Å². The zero-order valence-electron chi connectivity index (χ0n) is 12.4. The molecule has 1 aromatic rings. The lowest BCUT2D eigenvalue weighted by atomic mass is 9.99. The van der Waals surface area contributed by atoms with Gasteiger partial charge in [-0.05, 0) is 45.4 Å². The van der Waals surface area contributed by atoms with Crippen LogP contribution in [0.25, 0.3) is 0 Å². The molecule has 0 saturated carbocycles. The number of nitrogens with one attached hydrogen (secondary N) is 2. The summed E-state index contributed by atoms with van der Waals surface area (Å²) in [6.07, 6.45) is 0. The lowest BCUT2D eigenvalue weighted by Gasteiger charge is -2.19. The molecule has 0 fully saturated rings. The predicted molar refractivity (Wildman–Crippen MR) is 80.2 cm³/mol. The fourth-order valence-corrected chi connectivity index (χ4v) is 1.79. The molecule has 0 aliphatic carbocycles. The highest BCUT2D eigenvalue weighted by Gasteiger charge is 2.21. The largest absolute Gasteiger partial charge is 0.399 e. The SMILES string of the molecule is CC(C)NC(=O)C(C)NC(=O)C(C)c1cccc(N)c1. The smallest absolute Gasteiger partial charge is 0.242 e. The maximum Gasteiger partial charge on any atom is 0.242 e. The summed E-state index contributed by atoms with van der Waals surface area (Å²) < 4.78 is 0. The molecule has 5 heteroatoms. The minimum absolute atomic E-state index is 0.0493. The highest BCUT2D eigenvalue weighted by molar-refractivity contribution is 5.90. The van der Waals surface area contributed by atoms with Gasteiger partial charge in [0.05, 0.1) is 5.92 Å². The molecule has 1 aromatic carbocycles. The van der Waals surface area contributed by atoms with Crippen LogP contribution in [0.3, 0.4) is 0 Å². The van der Waals surface area contributed by atoms with Crippen molar-refractivity contribution in [2.45, 2.75) is 45.7 Å². The number of carbonyl (C=O) groups is 2. The third-order valence-corrected chi connectivity index (χ3v) is 2.99. The van der Waals surface area contributed by atoms with Crippen LogP contribution >= 0.6 is 0 Å². The molecular weight excluding hydrogens is 254 g/mol. The molecule has 0 bridgehead atoms. The summed E-state index contributed by atoms with van der Waals surface area (Å²) in [5.41, 5.74) is 7.16. The van der Waals surface area contributed by atoms with Gasteiger partial charge in [0.1, 0.15) is 6.04 Å². The molecule has 0 aromatic heterocycles. The van der Waals surface area contributed by atoms with Crippen molar-refractivity contribution in [3.63, 3.8) is 0 Å². The Balaban J connectivity index is 2.64. The van der Waals surface area contributed by atoms with E-state index in [4.69, 9.17) is 5.73 Å². The van der Waals surface area contributed by atoms with Gasteiger partial charge in [0.15, 0.2) is 0 Å². The van der Waals surface area contributed by atoms with Gasteiger partial charge in [0, 0.05) is 11.7 Å². The minimum atomic E-state index is -0.562. The van der Waals surface area contributed by atoms with Gasteiger partial charge in [-0.15, -0.1) is 0 Å². The second kappa shape index (κ2) is 6.93. The van der Waals surface area contributed by atoms with Crippen molar-refractivity contribution in [2.24, 2.45) is 0 Å². The number of nitrogen functional groups attached to an aromatic ring is 1. The zero-order chi connectivity index (χ0) is 15.3. The van der Waals surface area contributed by atoms with Crippen molar-refractivity contribution in [2.75, 3.05) is 5.73 Å². The highest BCUT2D eigenvalue weighted by Crippen LogP contribution is 2.17. The lowest BCUT2D eigenvalue weighted by Crippen LogP contribution is -2.47. The minimum Gasteiger partial charge on any atom is -0.399 e. The van der Waals surface area contributed by atoms with Crippen molar-refractivity contribution < 1.29 is 9.59 Å². The first-order valence-electron chi connectivity index (χ1n) is 6.77. The summed E-state index contributed by atoms with van der Waals surface area (Å²) in [6.45, 7) is 7.21. The van der Waals surface area contributed by atoms with Gasteiger partial charge in [-0.3, -0.25) is 9.59 Å². The molecule has 110 valence electrons. The van der Waals surface area contributed by atoms with E-state index in [9.17, 15) is 9.59 Å². The zero-order valence-corrected chi connectivity index (χ0v) is 12.4. The Bertz CT molecular complexity index is 486. The second-order valence-corrected chi connectivity index (χ2v) is 5.29. The first kappa shape index (κ1) is 16.0. The van der Waals surface area contributed by atoms with Crippen LogP contribution in [-0.2, 0) is 9.59 Å². The van der Waals surface area contributed by atoms with E-state index in [-0.39, 0.29) is 23.8 Å². The Morgan fingerprint density at radius 3 is 2.25 bits per heavy atom. The van der Waals surface area contributed by atoms with Crippen LogP contribution in [0.15, 0.2) is 24.3 Å². The Morgan fingerprint density at radius 1 is 1.05 bits per heavy atom. The summed E-state index contributed by atoms with van der Waals surface area (Å²) in [5, 5.41) is 5.47. The molecular formula is C15H23N3O2. The number of hydrogen-bond donors (Lipinski definition) is 3. The van der Waals surface area contributed by atoms with Gasteiger partial charge < -0.3 is 16.4 Å². The molecule has 4 N–H and O–H groups in total. The van der Waals surface area contributed by atoms with E-state index in [1.807, 2.05) is 26.0 Å². The van der Waals surface area contributed by atoms with Crippen LogP contribution in [0.1, 0.15) is 39.2 Å². The number of hydrogen-bond acceptors (Lipinski definition) is 3. The van der Waals surface area contributed by atoms with Gasteiger partial charge in [0.2, 0.25) is 11.8 Å². The van der Waals surface area contributed by atoms with E-state index in [1.54, 1.807) is 26.0 Å². The van der Waals surface area contributed by atoms with E-state index in [0.717, 1.165) is 5.56 Å². The summed E-state index contributed by atoms with van der Waals surface area (Å²) in [7, 11) is 0. The maximum absolute atomic E-state index is 12.1. The average Bonchev–Trinajstić information content (AvgIpc) is 2.36. The van der Waals surface area contributed by atoms with E-state index in [2.05, 4.69) is 10.6 Å². The maximum atomic E-state index is 12.1. The number of carbonyl (C=O) groups excluding carboxylic acids is 2. The molecule has 20 heavy (non-hydrogen) atoms. The summed E-state index contributed by atoms with van der Waals surface area (Å²) in [4.78, 5) is 23.9. The fraction of sp³-hybridized carbons (Fsp3) is 0.467. The second-order valence-electron chi connectivity index (χ2n) is 5.29. The first-order chi connectivity index (χ1) is 9.31. The Hall–Kier alpha value is -2.04. The summed E-state index contributed by atoms with van der Waals surface area (Å²) in [5.74, 6) is -0.733. The van der Waals surface area contributed by atoms with E-state index in [1.165, 1.54) is 0 Å². The van der Waals surface area contributed by atoms with Crippen LogP contribution in [0, 0.1) is 0 Å². The number of rotatable bonds is 5. The van der Waals surface area contributed by atoms with Crippen LogP contribution < -0.4 is 16.4 Å². The monoisotopic (exact) mass is 277 g/mol. The van der Waals surface area contributed by atoms with Crippen molar-refractivity contribution >= 4 is 17.5 Å². The Morgan fingerprint density at radius 2 is 1.70 bits per heavy atom. The quantitative estimate of drug-likeness (QED) is 0.711. The molecule has 1 rings (SSSR count). The fourth-order valence-electron chi connectivity index (χ4n) is 1.79. The Kier molecular flexibility index (Phi) is 5.55. The third-order valence-electron chi connectivity index (χ3n) is 2.99.